The Morgan fingerprint density at radius 2 is 1.17 bits per heavy atom. The van der Waals surface area contributed by atoms with E-state index < -0.39 is 0 Å². The SMILES string of the molecule is c1ccc2c(NCCCNc3nsc4ccccc34)nsc2c1. The Bertz CT molecular complexity index is 852. The fraction of sp³-hybridized carbons (Fsp3) is 0.176. The summed E-state index contributed by atoms with van der Waals surface area (Å²) in [6.07, 6.45) is 1.01. The van der Waals surface area contributed by atoms with Crippen LogP contribution in [0, 0.1) is 0 Å². The number of hydrogen-bond donors (Lipinski definition) is 2. The molecular weight excluding hydrogens is 324 g/mol. The second kappa shape index (κ2) is 6.52. The van der Waals surface area contributed by atoms with Crippen LogP contribution in [0.2, 0.25) is 0 Å². The molecule has 4 aromatic rings. The van der Waals surface area contributed by atoms with Gasteiger partial charge in [-0.05, 0) is 53.8 Å². The Morgan fingerprint density at radius 3 is 1.70 bits per heavy atom. The summed E-state index contributed by atoms with van der Waals surface area (Å²) >= 11 is 3.08. The van der Waals surface area contributed by atoms with Crippen molar-refractivity contribution in [1.82, 2.24) is 8.75 Å². The predicted octanol–water partition coefficient (Wildman–Crippen LogP) is 4.82. The molecule has 0 aliphatic rings. The fourth-order valence-corrected chi connectivity index (χ4v) is 4.04. The monoisotopic (exact) mass is 340 g/mol. The van der Waals surface area contributed by atoms with Gasteiger partial charge in [-0.1, -0.05) is 24.3 Å². The van der Waals surface area contributed by atoms with Gasteiger partial charge in [0.2, 0.25) is 0 Å². The lowest BCUT2D eigenvalue weighted by Gasteiger charge is -2.05. The molecule has 2 N–H and O–H groups in total. The number of aromatic nitrogens is 2. The van der Waals surface area contributed by atoms with Crippen molar-refractivity contribution in [2.24, 2.45) is 0 Å². The van der Waals surface area contributed by atoms with Gasteiger partial charge in [0, 0.05) is 23.9 Å². The van der Waals surface area contributed by atoms with Crippen LogP contribution in [0.1, 0.15) is 6.42 Å². The Morgan fingerprint density at radius 1 is 0.696 bits per heavy atom. The third-order valence-corrected chi connectivity index (χ3v) is 5.35. The minimum absolute atomic E-state index is 0.892. The van der Waals surface area contributed by atoms with Gasteiger partial charge in [-0.25, -0.2) is 0 Å². The Balaban J connectivity index is 1.31. The molecule has 116 valence electrons. The topological polar surface area (TPSA) is 49.8 Å². The molecular formula is C17H16N4S2. The van der Waals surface area contributed by atoms with E-state index in [1.807, 2.05) is 12.1 Å². The number of rotatable bonds is 6. The smallest absolute Gasteiger partial charge is 0.147 e. The van der Waals surface area contributed by atoms with E-state index in [9.17, 15) is 0 Å². The maximum atomic E-state index is 4.48. The van der Waals surface area contributed by atoms with Crippen molar-refractivity contribution in [3.05, 3.63) is 48.5 Å². The van der Waals surface area contributed by atoms with Crippen LogP contribution in [0.3, 0.4) is 0 Å². The number of nitrogens with one attached hydrogen (secondary N) is 2. The van der Waals surface area contributed by atoms with Crippen molar-refractivity contribution in [2.45, 2.75) is 6.42 Å². The molecule has 0 amide bonds. The van der Waals surface area contributed by atoms with E-state index in [1.165, 1.54) is 20.2 Å². The maximum absolute atomic E-state index is 4.48. The average molecular weight is 340 g/mol. The van der Waals surface area contributed by atoms with E-state index in [1.54, 1.807) is 23.1 Å². The minimum Gasteiger partial charge on any atom is -0.369 e. The van der Waals surface area contributed by atoms with Crippen molar-refractivity contribution in [3.63, 3.8) is 0 Å². The number of nitrogens with zero attached hydrogens (tertiary/aromatic N) is 2. The Kier molecular flexibility index (Phi) is 4.08. The van der Waals surface area contributed by atoms with Crippen LogP contribution in [0.5, 0.6) is 0 Å². The van der Waals surface area contributed by atoms with E-state index in [2.05, 4.69) is 55.8 Å². The summed E-state index contributed by atoms with van der Waals surface area (Å²) in [4.78, 5) is 0. The molecule has 0 saturated heterocycles. The third kappa shape index (κ3) is 3.00. The Hall–Kier alpha value is -2.18. The van der Waals surface area contributed by atoms with Crippen LogP contribution in [0.25, 0.3) is 20.2 Å². The van der Waals surface area contributed by atoms with Crippen molar-refractivity contribution in [3.8, 4) is 0 Å². The first-order valence-electron chi connectivity index (χ1n) is 7.58. The third-order valence-electron chi connectivity index (χ3n) is 3.69. The highest BCUT2D eigenvalue weighted by molar-refractivity contribution is 7.14. The second-order valence-electron chi connectivity index (χ2n) is 5.26. The molecule has 0 aliphatic heterocycles. The summed E-state index contributed by atoms with van der Waals surface area (Å²) < 4.78 is 11.4. The molecule has 0 radical (unpaired) electrons. The molecule has 0 fully saturated rings. The van der Waals surface area contributed by atoms with Gasteiger partial charge in [0.25, 0.3) is 0 Å². The van der Waals surface area contributed by atoms with Crippen molar-refractivity contribution in [1.29, 1.82) is 0 Å². The van der Waals surface area contributed by atoms with Gasteiger partial charge in [0.05, 0.1) is 9.40 Å². The molecule has 0 unspecified atom stereocenters. The van der Waals surface area contributed by atoms with Gasteiger partial charge in [0.1, 0.15) is 11.6 Å². The van der Waals surface area contributed by atoms with Crippen LogP contribution < -0.4 is 10.6 Å². The van der Waals surface area contributed by atoms with E-state index in [4.69, 9.17) is 0 Å². The summed E-state index contributed by atoms with van der Waals surface area (Å²) in [5.74, 6) is 1.98. The number of benzene rings is 2. The van der Waals surface area contributed by atoms with E-state index >= 15 is 0 Å². The molecule has 6 heteroatoms. The van der Waals surface area contributed by atoms with Crippen molar-refractivity contribution in [2.75, 3.05) is 23.7 Å². The second-order valence-corrected chi connectivity index (χ2v) is 6.87. The minimum atomic E-state index is 0.892. The van der Waals surface area contributed by atoms with Gasteiger partial charge < -0.3 is 10.6 Å². The number of anilines is 2. The first-order valence-corrected chi connectivity index (χ1v) is 9.13. The first kappa shape index (κ1) is 14.4. The molecule has 0 aliphatic carbocycles. The largest absolute Gasteiger partial charge is 0.369 e. The van der Waals surface area contributed by atoms with E-state index in [0.717, 1.165) is 31.1 Å². The number of hydrogen-bond acceptors (Lipinski definition) is 6. The standard InChI is InChI=1S/C17H16N4S2/c1-3-8-14-12(6-1)16(20-22-14)18-10-5-11-19-17-13-7-2-4-9-15(13)23-21-17/h1-4,6-9H,5,10-11H2,(H,18,20)(H,19,21). The van der Waals surface area contributed by atoms with E-state index in [0.29, 0.717) is 0 Å². The molecule has 2 heterocycles. The van der Waals surface area contributed by atoms with Gasteiger partial charge >= 0.3 is 0 Å². The zero-order valence-electron chi connectivity index (χ0n) is 12.5. The number of fused-ring (bicyclic) bond motifs is 2. The highest BCUT2D eigenvalue weighted by Crippen LogP contribution is 2.27. The quantitative estimate of drug-likeness (QED) is 0.494. The molecule has 0 bridgehead atoms. The average Bonchev–Trinajstić information content (AvgIpc) is 3.19. The van der Waals surface area contributed by atoms with Gasteiger partial charge in [-0.3, -0.25) is 0 Å². The molecule has 4 nitrogen and oxygen atoms in total. The first-order chi connectivity index (χ1) is 11.4. The summed E-state index contributed by atoms with van der Waals surface area (Å²) in [5.41, 5.74) is 0. The molecule has 4 rings (SSSR count). The van der Waals surface area contributed by atoms with Gasteiger partial charge in [-0.2, -0.15) is 8.75 Å². The zero-order valence-corrected chi connectivity index (χ0v) is 14.1. The van der Waals surface area contributed by atoms with Crippen molar-refractivity contribution >= 4 is 54.9 Å². The van der Waals surface area contributed by atoms with Crippen LogP contribution >= 0.6 is 23.1 Å². The van der Waals surface area contributed by atoms with E-state index in [-0.39, 0.29) is 0 Å². The highest BCUT2D eigenvalue weighted by Gasteiger charge is 2.05. The molecule has 0 spiro atoms. The highest BCUT2D eigenvalue weighted by atomic mass is 32.1. The molecule has 2 aromatic heterocycles. The summed E-state index contributed by atoms with van der Waals surface area (Å²) in [7, 11) is 0. The van der Waals surface area contributed by atoms with Crippen LogP contribution in [-0.2, 0) is 0 Å². The van der Waals surface area contributed by atoms with Gasteiger partial charge in [-0.15, -0.1) is 0 Å². The van der Waals surface area contributed by atoms with Gasteiger partial charge in [0.15, 0.2) is 0 Å². The molecule has 23 heavy (non-hydrogen) atoms. The molecule has 2 aromatic carbocycles. The maximum Gasteiger partial charge on any atom is 0.147 e. The van der Waals surface area contributed by atoms with Crippen LogP contribution in [0.4, 0.5) is 11.6 Å². The fourth-order valence-electron chi connectivity index (χ4n) is 2.53. The molecule has 0 saturated carbocycles. The zero-order chi connectivity index (χ0) is 15.5. The predicted molar refractivity (Wildman–Crippen MR) is 101 cm³/mol. The lowest BCUT2D eigenvalue weighted by Crippen LogP contribution is -2.09. The lowest BCUT2D eigenvalue weighted by atomic mass is 10.2. The summed E-state index contributed by atoms with van der Waals surface area (Å²) in [6.45, 7) is 1.78. The molecule has 0 atom stereocenters. The normalized spacial score (nSPS) is 11.1. The summed E-state index contributed by atoms with van der Waals surface area (Å²) in [6, 6.07) is 16.6. The lowest BCUT2D eigenvalue weighted by molar-refractivity contribution is 0.906. The Labute approximate surface area is 142 Å². The van der Waals surface area contributed by atoms with Crippen LogP contribution in [-0.4, -0.2) is 21.8 Å². The van der Waals surface area contributed by atoms with Crippen LogP contribution in [0.15, 0.2) is 48.5 Å². The summed E-state index contributed by atoms with van der Waals surface area (Å²) in [5, 5.41) is 9.26. The van der Waals surface area contributed by atoms with Crippen molar-refractivity contribution < 1.29 is 0 Å².